The quantitative estimate of drug-likeness (QED) is 0.550. The molecular weight excluding hydrogens is 166 g/mol. The lowest BCUT2D eigenvalue weighted by molar-refractivity contribution is -0.141. The van der Waals surface area contributed by atoms with E-state index >= 15 is 0 Å². The minimum Gasteiger partial charge on any atom is -0.364 e. The zero-order valence-corrected chi connectivity index (χ0v) is 7.99. The zero-order chi connectivity index (χ0) is 8.32. The smallest absolute Gasteiger partial charge is 0.364 e. The highest BCUT2D eigenvalue weighted by Crippen LogP contribution is 2.17. The lowest BCUT2D eigenvalue weighted by Crippen LogP contribution is -2.65. The Balaban J connectivity index is 2.54. The summed E-state index contributed by atoms with van der Waals surface area (Å²) in [5.41, 5.74) is 0. The van der Waals surface area contributed by atoms with Gasteiger partial charge in [-0.15, -0.1) is 0 Å². The highest BCUT2D eigenvalue weighted by atomic mass is 28.4. The van der Waals surface area contributed by atoms with E-state index in [4.69, 9.17) is 18.0 Å². The van der Waals surface area contributed by atoms with Gasteiger partial charge in [0.1, 0.15) is 13.5 Å². The number of rotatable bonds is 4. The van der Waals surface area contributed by atoms with Crippen LogP contribution in [0.5, 0.6) is 0 Å². The first-order chi connectivity index (χ1) is 5.29. The van der Waals surface area contributed by atoms with E-state index in [0.29, 0.717) is 13.5 Å². The zero-order valence-electron chi connectivity index (χ0n) is 6.99. The molecule has 0 amide bonds. The Kier molecular flexibility index (Phi) is 2.99. The highest BCUT2D eigenvalue weighted by Gasteiger charge is 2.49. The van der Waals surface area contributed by atoms with Crippen molar-refractivity contribution in [3.8, 4) is 0 Å². The number of ether oxygens (including phenoxy) is 1. The third kappa shape index (κ3) is 1.46. The fourth-order valence-electron chi connectivity index (χ4n) is 0.978. The van der Waals surface area contributed by atoms with E-state index in [2.05, 4.69) is 0 Å². The molecule has 6 heteroatoms. The van der Waals surface area contributed by atoms with E-state index in [-0.39, 0.29) is 0 Å². The molecule has 1 heterocycles. The van der Waals surface area contributed by atoms with Gasteiger partial charge in [0, 0.05) is 21.3 Å². The summed E-state index contributed by atoms with van der Waals surface area (Å²) in [6.45, 7) is 1.06. The van der Waals surface area contributed by atoms with E-state index < -0.39 is 8.97 Å². The predicted octanol–water partition coefficient (Wildman–Crippen LogP) is -0.392. The third-order valence-corrected chi connectivity index (χ3v) is 4.24. The van der Waals surface area contributed by atoms with Crippen molar-refractivity contribution in [2.45, 2.75) is 0 Å². The molecule has 0 N–H and O–H groups in total. The third-order valence-electron chi connectivity index (χ3n) is 1.66. The fraction of sp³-hybridized carbons (Fsp3) is 1.00. The van der Waals surface area contributed by atoms with Gasteiger partial charge in [0.05, 0.1) is 0 Å². The van der Waals surface area contributed by atoms with E-state index in [9.17, 15) is 0 Å². The first-order valence-corrected chi connectivity index (χ1v) is 4.94. The van der Waals surface area contributed by atoms with Crippen molar-refractivity contribution in [2.24, 2.45) is 0 Å². The van der Waals surface area contributed by atoms with Gasteiger partial charge in [0.15, 0.2) is 0 Å². The van der Waals surface area contributed by atoms with Crippen LogP contribution in [0.1, 0.15) is 0 Å². The van der Waals surface area contributed by atoms with Crippen LogP contribution in [0, 0.1) is 0 Å². The molecule has 0 aliphatic carbocycles. The molecule has 0 radical (unpaired) electrons. The molecule has 0 aromatic heterocycles. The summed E-state index contributed by atoms with van der Waals surface area (Å²) in [6.07, 6.45) is 0. The van der Waals surface area contributed by atoms with Crippen LogP contribution in [-0.4, -0.2) is 48.3 Å². The summed E-state index contributed by atoms with van der Waals surface area (Å²) in [6, 6.07) is 0. The maximum atomic E-state index is 5.18. The lowest BCUT2D eigenvalue weighted by atomic mass is 10.9. The van der Waals surface area contributed by atoms with Gasteiger partial charge in [-0.1, -0.05) is 0 Å². The van der Waals surface area contributed by atoms with Crippen LogP contribution in [0.2, 0.25) is 0 Å². The molecule has 1 fully saturated rings. The first-order valence-electron chi connectivity index (χ1n) is 3.27. The molecule has 1 aliphatic rings. The molecule has 1 saturated heterocycles. The summed E-state index contributed by atoms with van der Waals surface area (Å²) in [4.78, 5) is 0. The van der Waals surface area contributed by atoms with Crippen molar-refractivity contribution in [3.63, 3.8) is 0 Å². The molecule has 0 unspecified atom stereocenters. The maximum Gasteiger partial charge on any atom is 0.602 e. The van der Waals surface area contributed by atoms with Gasteiger partial charge in [-0.25, -0.2) is 4.57 Å². The Morgan fingerprint density at radius 1 is 1.09 bits per heavy atom. The van der Waals surface area contributed by atoms with Crippen molar-refractivity contribution in [1.29, 1.82) is 0 Å². The normalized spacial score (nSPS) is 19.9. The van der Waals surface area contributed by atoms with Crippen LogP contribution >= 0.6 is 0 Å². The molecule has 1 aliphatic heterocycles. The minimum absolute atomic E-state index is 0.530. The van der Waals surface area contributed by atoms with Crippen molar-refractivity contribution in [2.75, 3.05) is 34.8 Å². The van der Waals surface area contributed by atoms with Crippen LogP contribution in [0.15, 0.2) is 0 Å². The summed E-state index contributed by atoms with van der Waals surface area (Å²) in [7, 11) is 2.22. The molecule has 5 nitrogen and oxygen atoms in total. The van der Waals surface area contributed by atoms with Crippen molar-refractivity contribution in [1.82, 2.24) is 4.57 Å². The van der Waals surface area contributed by atoms with Crippen molar-refractivity contribution in [3.05, 3.63) is 0 Å². The van der Waals surface area contributed by atoms with Crippen LogP contribution in [0.3, 0.4) is 0 Å². The fourth-order valence-corrected chi connectivity index (χ4v) is 2.75. The van der Waals surface area contributed by atoms with Crippen LogP contribution in [-0.2, 0) is 18.0 Å². The van der Waals surface area contributed by atoms with Gasteiger partial charge in [-0.05, 0) is 0 Å². The maximum absolute atomic E-state index is 5.18. The number of hydrogen-bond donors (Lipinski definition) is 0. The topological polar surface area (TPSA) is 40.2 Å². The number of nitrogens with zero attached hydrogens (tertiary/aromatic N) is 1. The molecule has 1 rings (SSSR count). The average molecular weight is 179 g/mol. The Morgan fingerprint density at radius 3 is 1.64 bits per heavy atom. The summed E-state index contributed by atoms with van der Waals surface area (Å²) in [5, 5.41) is 0. The first kappa shape index (κ1) is 9.11. The largest absolute Gasteiger partial charge is 0.602 e. The Bertz CT molecular complexity index is 117. The molecule has 66 valence electrons. The molecule has 0 aromatic rings. The van der Waals surface area contributed by atoms with Gasteiger partial charge in [-0.2, -0.15) is 0 Å². The summed E-state index contributed by atoms with van der Waals surface area (Å²) >= 11 is 0. The Morgan fingerprint density at radius 2 is 1.55 bits per heavy atom. The Labute approximate surface area is 67.2 Å². The molecular formula is C5H13NO4Si. The van der Waals surface area contributed by atoms with Gasteiger partial charge in [0.25, 0.3) is 0 Å². The summed E-state index contributed by atoms with van der Waals surface area (Å²) in [5.74, 6) is 0. The average Bonchev–Trinajstić information content (AvgIpc) is 1.97. The standard InChI is InChI=1S/C5H13NO4Si/c1-7-11(8-2,9-3)6-4-10-5-6/h4-5H2,1-3H3. The molecule has 0 bridgehead atoms. The van der Waals surface area contributed by atoms with Crippen LogP contribution in [0.4, 0.5) is 0 Å². The summed E-state index contributed by atoms with van der Waals surface area (Å²) < 4.78 is 22.4. The SMILES string of the molecule is CO[Si](OC)(OC)N1COC1. The predicted molar refractivity (Wildman–Crippen MR) is 39.4 cm³/mol. The van der Waals surface area contributed by atoms with Gasteiger partial charge in [0.2, 0.25) is 0 Å². The molecule has 0 spiro atoms. The van der Waals surface area contributed by atoms with Crippen molar-refractivity contribution < 1.29 is 18.0 Å². The Hall–Kier alpha value is 0.0169. The van der Waals surface area contributed by atoms with Crippen LogP contribution < -0.4 is 0 Å². The van der Waals surface area contributed by atoms with Gasteiger partial charge >= 0.3 is 8.97 Å². The monoisotopic (exact) mass is 179 g/mol. The van der Waals surface area contributed by atoms with Gasteiger partial charge in [-0.3, -0.25) is 0 Å². The highest BCUT2D eigenvalue weighted by molar-refractivity contribution is 6.57. The van der Waals surface area contributed by atoms with E-state index in [1.807, 2.05) is 4.57 Å². The molecule has 0 saturated carbocycles. The van der Waals surface area contributed by atoms with E-state index in [0.717, 1.165) is 0 Å². The lowest BCUT2D eigenvalue weighted by Gasteiger charge is -2.40. The second kappa shape index (κ2) is 3.61. The van der Waals surface area contributed by atoms with E-state index in [1.165, 1.54) is 0 Å². The minimum atomic E-state index is -2.53. The van der Waals surface area contributed by atoms with E-state index in [1.54, 1.807) is 21.3 Å². The van der Waals surface area contributed by atoms with Gasteiger partial charge < -0.3 is 18.0 Å². The molecule has 11 heavy (non-hydrogen) atoms. The second-order valence-corrected chi connectivity index (χ2v) is 5.04. The van der Waals surface area contributed by atoms with Crippen molar-refractivity contribution >= 4 is 8.97 Å². The molecule has 0 atom stereocenters. The van der Waals surface area contributed by atoms with Crippen LogP contribution in [0.25, 0.3) is 0 Å². The molecule has 0 aromatic carbocycles. The number of hydrogen-bond acceptors (Lipinski definition) is 5. The second-order valence-electron chi connectivity index (χ2n) is 2.14.